The van der Waals surface area contributed by atoms with Gasteiger partial charge in [-0.25, -0.2) is 0 Å². The molecule has 2 N–H and O–H groups in total. The van der Waals surface area contributed by atoms with Gasteiger partial charge >= 0.3 is 0 Å². The van der Waals surface area contributed by atoms with Crippen molar-refractivity contribution in [2.45, 2.75) is 26.7 Å². The summed E-state index contributed by atoms with van der Waals surface area (Å²) in [5, 5.41) is 0. The minimum Gasteiger partial charge on any atom is -0.455 e. The average molecular weight is 241 g/mol. The third kappa shape index (κ3) is 2.83. The van der Waals surface area contributed by atoms with Gasteiger partial charge in [0.2, 0.25) is 0 Å². The summed E-state index contributed by atoms with van der Waals surface area (Å²) in [6.07, 6.45) is 2.26. The van der Waals surface area contributed by atoms with Crippen molar-refractivity contribution in [3.8, 4) is 11.5 Å². The molecule has 0 unspecified atom stereocenters. The van der Waals surface area contributed by atoms with Crippen molar-refractivity contribution in [1.82, 2.24) is 0 Å². The second-order valence-electron chi connectivity index (χ2n) is 4.49. The van der Waals surface area contributed by atoms with E-state index < -0.39 is 0 Å². The summed E-state index contributed by atoms with van der Waals surface area (Å²) in [5.74, 6) is 1.58. The van der Waals surface area contributed by atoms with Crippen LogP contribution >= 0.6 is 0 Å². The van der Waals surface area contributed by atoms with Crippen molar-refractivity contribution < 1.29 is 4.74 Å². The molecule has 2 heteroatoms. The van der Waals surface area contributed by atoms with Gasteiger partial charge in [-0.2, -0.15) is 0 Å². The predicted molar refractivity (Wildman–Crippen MR) is 76.1 cm³/mol. The van der Waals surface area contributed by atoms with E-state index in [0.717, 1.165) is 29.9 Å². The van der Waals surface area contributed by atoms with E-state index in [0.29, 0.717) is 5.69 Å². The van der Waals surface area contributed by atoms with Gasteiger partial charge in [0.1, 0.15) is 5.75 Å². The lowest BCUT2D eigenvalue weighted by atomic mass is 10.1. The smallest absolute Gasteiger partial charge is 0.153 e. The number of nitrogen functional groups attached to an aromatic ring is 1. The first kappa shape index (κ1) is 12.5. The summed E-state index contributed by atoms with van der Waals surface area (Å²) < 4.78 is 5.85. The van der Waals surface area contributed by atoms with E-state index in [1.54, 1.807) is 0 Å². The van der Waals surface area contributed by atoms with Crippen LogP contribution in [0.1, 0.15) is 24.5 Å². The van der Waals surface area contributed by atoms with Gasteiger partial charge in [-0.3, -0.25) is 0 Å². The van der Waals surface area contributed by atoms with E-state index in [1.807, 2.05) is 37.3 Å². The quantitative estimate of drug-likeness (QED) is 0.809. The van der Waals surface area contributed by atoms with Crippen LogP contribution in [0.4, 0.5) is 5.69 Å². The molecular formula is C16H19NO. The van der Waals surface area contributed by atoms with Crippen LogP contribution < -0.4 is 10.5 Å². The fourth-order valence-electron chi connectivity index (χ4n) is 1.95. The lowest BCUT2D eigenvalue weighted by molar-refractivity contribution is 0.481. The predicted octanol–water partition coefficient (Wildman–Crippen LogP) is 4.32. The molecule has 0 atom stereocenters. The van der Waals surface area contributed by atoms with E-state index in [2.05, 4.69) is 19.1 Å². The van der Waals surface area contributed by atoms with E-state index >= 15 is 0 Å². The number of rotatable bonds is 4. The van der Waals surface area contributed by atoms with Gasteiger partial charge in [0.05, 0.1) is 5.69 Å². The molecule has 18 heavy (non-hydrogen) atoms. The molecule has 0 saturated heterocycles. The Morgan fingerprint density at radius 2 is 1.78 bits per heavy atom. The van der Waals surface area contributed by atoms with Gasteiger partial charge in [-0.05, 0) is 42.7 Å². The van der Waals surface area contributed by atoms with Gasteiger partial charge in [0, 0.05) is 0 Å². The molecule has 0 radical (unpaired) electrons. The largest absolute Gasteiger partial charge is 0.455 e. The van der Waals surface area contributed by atoms with Crippen molar-refractivity contribution in [2.24, 2.45) is 0 Å². The van der Waals surface area contributed by atoms with Crippen molar-refractivity contribution in [1.29, 1.82) is 0 Å². The number of hydrogen-bond acceptors (Lipinski definition) is 2. The van der Waals surface area contributed by atoms with Crippen molar-refractivity contribution in [2.75, 3.05) is 5.73 Å². The summed E-state index contributed by atoms with van der Waals surface area (Å²) in [6, 6.07) is 14.0. The minimum atomic E-state index is 0.674. The standard InChI is InChI=1S/C16H19NO/c1-3-5-13-8-10-14(11-9-13)18-16-12(2)6-4-7-15(16)17/h4,6-11H,3,5,17H2,1-2H3. The van der Waals surface area contributed by atoms with Crippen LogP contribution in [-0.4, -0.2) is 0 Å². The monoisotopic (exact) mass is 241 g/mol. The first-order valence-electron chi connectivity index (χ1n) is 6.32. The molecule has 2 aromatic carbocycles. The van der Waals surface area contributed by atoms with Crippen LogP contribution in [0, 0.1) is 6.92 Å². The normalized spacial score (nSPS) is 10.3. The summed E-state index contributed by atoms with van der Waals surface area (Å²) in [5.41, 5.74) is 8.98. The van der Waals surface area contributed by atoms with Gasteiger partial charge in [0.15, 0.2) is 5.75 Å². The number of ether oxygens (including phenoxy) is 1. The van der Waals surface area contributed by atoms with Crippen molar-refractivity contribution >= 4 is 5.69 Å². The second-order valence-corrected chi connectivity index (χ2v) is 4.49. The SMILES string of the molecule is CCCc1ccc(Oc2c(C)cccc2N)cc1. The van der Waals surface area contributed by atoms with E-state index in [9.17, 15) is 0 Å². The van der Waals surface area contributed by atoms with Crippen molar-refractivity contribution in [3.63, 3.8) is 0 Å². The van der Waals surface area contributed by atoms with Crippen LogP contribution in [0.25, 0.3) is 0 Å². The number of para-hydroxylation sites is 1. The number of aryl methyl sites for hydroxylation is 2. The van der Waals surface area contributed by atoms with Gasteiger partial charge in [-0.1, -0.05) is 37.6 Å². The van der Waals surface area contributed by atoms with E-state index in [4.69, 9.17) is 10.5 Å². The summed E-state index contributed by atoms with van der Waals surface area (Å²) in [4.78, 5) is 0. The fraction of sp³-hybridized carbons (Fsp3) is 0.250. The molecule has 94 valence electrons. The average Bonchev–Trinajstić information content (AvgIpc) is 2.36. The van der Waals surface area contributed by atoms with Crippen LogP contribution in [0.3, 0.4) is 0 Å². The lowest BCUT2D eigenvalue weighted by Gasteiger charge is -2.11. The molecule has 0 aliphatic carbocycles. The summed E-state index contributed by atoms with van der Waals surface area (Å²) in [6.45, 7) is 4.18. The van der Waals surface area contributed by atoms with Crippen LogP contribution in [-0.2, 0) is 6.42 Å². The molecule has 0 heterocycles. The van der Waals surface area contributed by atoms with Gasteiger partial charge in [0.25, 0.3) is 0 Å². The molecule has 0 fully saturated rings. The van der Waals surface area contributed by atoms with Crippen LogP contribution in [0.2, 0.25) is 0 Å². The third-order valence-corrected chi connectivity index (χ3v) is 2.92. The molecule has 0 saturated carbocycles. The first-order valence-corrected chi connectivity index (χ1v) is 6.32. The lowest BCUT2D eigenvalue weighted by Crippen LogP contribution is -1.94. The number of hydrogen-bond donors (Lipinski definition) is 1. The Balaban J connectivity index is 2.18. The maximum Gasteiger partial charge on any atom is 0.153 e. The zero-order valence-corrected chi connectivity index (χ0v) is 10.9. The Morgan fingerprint density at radius 3 is 2.39 bits per heavy atom. The van der Waals surface area contributed by atoms with Gasteiger partial charge in [-0.15, -0.1) is 0 Å². The minimum absolute atomic E-state index is 0.674. The zero-order valence-electron chi connectivity index (χ0n) is 10.9. The Kier molecular flexibility index (Phi) is 3.88. The molecule has 0 aliphatic rings. The zero-order chi connectivity index (χ0) is 13.0. The topological polar surface area (TPSA) is 35.2 Å². The summed E-state index contributed by atoms with van der Waals surface area (Å²) in [7, 11) is 0. The molecule has 0 spiro atoms. The molecule has 0 bridgehead atoms. The third-order valence-electron chi connectivity index (χ3n) is 2.92. The highest BCUT2D eigenvalue weighted by Gasteiger charge is 2.05. The second kappa shape index (κ2) is 5.58. The van der Waals surface area contributed by atoms with Gasteiger partial charge < -0.3 is 10.5 Å². The number of benzene rings is 2. The molecule has 0 aromatic heterocycles. The fourth-order valence-corrected chi connectivity index (χ4v) is 1.95. The molecule has 0 aliphatic heterocycles. The van der Waals surface area contributed by atoms with E-state index in [1.165, 1.54) is 5.56 Å². The highest BCUT2D eigenvalue weighted by Crippen LogP contribution is 2.30. The van der Waals surface area contributed by atoms with Crippen LogP contribution in [0.5, 0.6) is 11.5 Å². The Labute approximate surface area is 108 Å². The molecule has 2 nitrogen and oxygen atoms in total. The number of nitrogens with two attached hydrogens (primary N) is 1. The molecule has 0 amide bonds. The first-order chi connectivity index (χ1) is 8.70. The van der Waals surface area contributed by atoms with Crippen molar-refractivity contribution in [3.05, 3.63) is 53.6 Å². The highest BCUT2D eigenvalue weighted by atomic mass is 16.5. The Bertz CT molecular complexity index is 497. The molecule has 2 aromatic rings. The molecule has 2 rings (SSSR count). The highest BCUT2D eigenvalue weighted by molar-refractivity contribution is 5.57. The maximum atomic E-state index is 5.92. The van der Waals surface area contributed by atoms with E-state index in [-0.39, 0.29) is 0 Å². The Hall–Kier alpha value is -1.96. The maximum absolute atomic E-state index is 5.92. The number of anilines is 1. The summed E-state index contributed by atoms with van der Waals surface area (Å²) >= 11 is 0. The Morgan fingerprint density at radius 1 is 1.06 bits per heavy atom. The molecular weight excluding hydrogens is 222 g/mol. The van der Waals surface area contributed by atoms with Crippen LogP contribution in [0.15, 0.2) is 42.5 Å².